The largest absolute Gasteiger partial charge is 0.320 e. The van der Waals surface area contributed by atoms with Gasteiger partial charge in [0.15, 0.2) is 5.82 Å². The summed E-state index contributed by atoms with van der Waals surface area (Å²) in [6, 6.07) is 7.82. The zero-order valence-corrected chi connectivity index (χ0v) is 13.7. The van der Waals surface area contributed by atoms with Crippen LogP contribution >= 0.6 is 11.3 Å². The third-order valence-corrected chi connectivity index (χ3v) is 4.22. The lowest BCUT2D eigenvalue weighted by atomic mass is 9.86. The molecule has 6 nitrogen and oxygen atoms in total. The van der Waals surface area contributed by atoms with Gasteiger partial charge in [0, 0.05) is 5.69 Å². The molecule has 0 saturated heterocycles. The highest BCUT2D eigenvalue weighted by atomic mass is 32.1. The van der Waals surface area contributed by atoms with Gasteiger partial charge in [-0.2, -0.15) is 4.52 Å². The number of fused-ring (bicyclic) bond motifs is 1. The van der Waals surface area contributed by atoms with Crippen molar-refractivity contribution in [1.29, 1.82) is 0 Å². The number of aryl methyl sites for hydroxylation is 1. The Labute approximate surface area is 132 Å². The van der Waals surface area contributed by atoms with Crippen molar-refractivity contribution in [3.8, 4) is 0 Å². The summed E-state index contributed by atoms with van der Waals surface area (Å²) in [4.78, 5) is 13.1. The van der Waals surface area contributed by atoms with E-state index in [0.717, 1.165) is 11.3 Å². The average molecular weight is 315 g/mol. The van der Waals surface area contributed by atoms with Crippen molar-refractivity contribution in [2.24, 2.45) is 0 Å². The van der Waals surface area contributed by atoms with Gasteiger partial charge in [-0.15, -0.1) is 15.3 Å². The minimum absolute atomic E-state index is 0.0537. The molecule has 2 aromatic heterocycles. The molecule has 0 aliphatic rings. The molecule has 1 amide bonds. The lowest BCUT2D eigenvalue weighted by Crippen LogP contribution is -2.18. The molecule has 3 rings (SSSR count). The number of amides is 1. The summed E-state index contributed by atoms with van der Waals surface area (Å²) in [7, 11) is 0. The number of hydrogen-bond acceptors (Lipinski definition) is 5. The maximum Gasteiger partial charge on any atom is 0.286 e. The highest BCUT2D eigenvalue weighted by Gasteiger charge is 2.21. The quantitative estimate of drug-likeness (QED) is 0.789. The number of carbonyl (C=O) groups excluding carboxylic acids is 1. The van der Waals surface area contributed by atoms with Crippen LogP contribution in [0.2, 0.25) is 0 Å². The van der Waals surface area contributed by atoms with Crippen LogP contribution in [0.4, 0.5) is 5.69 Å². The van der Waals surface area contributed by atoms with Crippen molar-refractivity contribution < 1.29 is 4.79 Å². The minimum Gasteiger partial charge on any atom is -0.320 e. The molecule has 114 valence electrons. The SMILES string of the molecule is Cc1nnc2sc(C(=O)Nc3ccccc3C(C)(C)C)nn12. The van der Waals surface area contributed by atoms with Crippen molar-refractivity contribution in [3.63, 3.8) is 0 Å². The molecule has 1 aromatic carbocycles. The Bertz CT molecular complexity index is 843. The summed E-state index contributed by atoms with van der Waals surface area (Å²) < 4.78 is 1.58. The van der Waals surface area contributed by atoms with Gasteiger partial charge in [0.05, 0.1) is 0 Å². The predicted octanol–water partition coefficient (Wildman–Crippen LogP) is 3.04. The maximum atomic E-state index is 12.4. The fourth-order valence-electron chi connectivity index (χ4n) is 2.23. The second-order valence-corrected chi connectivity index (χ2v) is 7.05. The summed E-state index contributed by atoms with van der Waals surface area (Å²) in [5.74, 6) is 0.437. The first-order chi connectivity index (χ1) is 10.4. The average Bonchev–Trinajstić information content (AvgIpc) is 3.01. The van der Waals surface area contributed by atoms with Crippen LogP contribution in [-0.2, 0) is 5.41 Å². The fourth-order valence-corrected chi connectivity index (χ4v) is 3.01. The van der Waals surface area contributed by atoms with E-state index in [2.05, 4.69) is 41.4 Å². The number of carbonyl (C=O) groups is 1. The van der Waals surface area contributed by atoms with E-state index in [1.54, 1.807) is 11.4 Å². The van der Waals surface area contributed by atoms with E-state index in [1.807, 2.05) is 24.3 Å². The van der Waals surface area contributed by atoms with Crippen LogP contribution in [0.5, 0.6) is 0 Å². The van der Waals surface area contributed by atoms with Gasteiger partial charge in [-0.05, 0) is 24.0 Å². The van der Waals surface area contributed by atoms with E-state index in [0.29, 0.717) is 15.8 Å². The molecule has 22 heavy (non-hydrogen) atoms. The molecule has 0 aliphatic carbocycles. The van der Waals surface area contributed by atoms with E-state index in [-0.39, 0.29) is 11.3 Å². The van der Waals surface area contributed by atoms with Gasteiger partial charge in [-0.1, -0.05) is 50.3 Å². The number of para-hydroxylation sites is 1. The Balaban J connectivity index is 1.91. The third-order valence-electron chi connectivity index (χ3n) is 3.32. The molecular formula is C15H17N5OS. The van der Waals surface area contributed by atoms with Crippen LogP contribution < -0.4 is 5.32 Å². The second-order valence-electron chi connectivity index (χ2n) is 6.10. The summed E-state index contributed by atoms with van der Waals surface area (Å²) in [5, 5.41) is 15.5. The van der Waals surface area contributed by atoms with Gasteiger partial charge in [-0.25, -0.2) is 0 Å². The van der Waals surface area contributed by atoms with E-state index >= 15 is 0 Å². The molecule has 3 aromatic rings. The number of benzene rings is 1. The van der Waals surface area contributed by atoms with Gasteiger partial charge >= 0.3 is 0 Å². The molecular weight excluding hydrogens is 298 g/mol. The van der Waals surface area contributed by atoms with Gasteiger partial charge in [0.1, 0.15) is 0 Å². The van der Waals surface area contributed by atoms with Gasteiger partial charge in [0.2, 0.25) is 9.97 Å². The Morgan fingerprint density at radius 1 is 1.23 bits per heavy atom. The smallest absolute Gasteiger partial charge is 0.286 e. The van der Waals surface area contributed by atoms with Gasteiger partial charge in [0.25, 0.3) is 5.91 Å². The van der Waals surface area contributed by atoms with Crippen LogP contribution in [-0.4, -0.2) is 25.7 Å². The molecule has 0 aliphatic heterocycles. The molecule has 0 bridgehead atoms. The van der Waals surface area contributed by atoms with E-state index in [1.165, 1.54) is 11.3 Å². The molecule has 0 radical (unpaired) electrons. The van der Waals surface area contributed by atoms with Crippen LogP contribution in [0.15, 0.2) is 24.3 Å². The molecule has 2 heterocycles. The topological polar surface area (TPSA) is 72.2 Å². The molecule has 7 heteroatoms. The normalized spacial score (nSPS) is 11.8. The maximum absolute atomic E-state index is 12.4. The summed E-state index contributed by atoms with van der Waals surface area (Å²) in [6.45, 7) is 8.15. The minimum atomic E-state index is -0.230. The fraction of sp³-hybridized carbons (Fsp3) is 0.333. The highest BCUT2D eigenvalue weighted by Crippen LogP contribution is 2.29. The van der Waals surface area contributed by atoms with Crippen LogP contribution in [0.3, 0.4) is 0 Å². The van der Waals surface area contributed by atoms with Crippen molar-refractivity contribution in [3.05, 3.63) is 40.7 Å². The standard InChI is InChI=1S/C15H17N5OS/c1-9-17-18-14-20(9)19-13(22-14)12(21)16-11-8-6-5-7-10(11)15(2,3)4/h5-8H,1-4H3,(H,16,21). The van der Waals surface area contributed by atoms with E-state index < -0.39 is 0 Å². The predicted molar refractivity (Wildman–Crippen MR) is 86.5 cm³/mol. The zero-order valence-electron chi connectivity index (χ0n) is 12.9. The van der Waals surface area contributed by atoms with E-state index in [9.17, 15) is 4.79 Å². The van der Waals surface area contributed by atoms with Crippen LogP contribution in [0.1, 0.15) is 42.0 Å². The van der Waals surface area contributed by atoms with Crippen molar-refractivity contribution in [1.82, 2.24) is 19.8 Å². The highest BCUT2D eigenvalue weighted by molar-refractivity contribution is 7.18. The van der Waals surface area contributed by atoms with Crippen molar-refractivity contribution in [2.75, 3.05) is 5.32 Å². The number of anilines is 1. The first kappa shape index (κ1) is 14.6. The molecule has 0 saturated carbocycles. The number of nitrogens with zero attached hydrogens (tertiary/aromatic N) is 4. The van der Waals surface area contributed by atoms with E-state index in [4.69, 9.17) is 0 Å². The zero-order chi connectivity index (χ0) is 15.9. The van der Waals surface area contributed by atoms with Crippen LogP contribution in [0, 0.1) is 6.92 Å². The Morgan fingerprint density at radius 3 is 2.64 bits per heavy atom. The summed E-state index contributed by atoms with van der Waals surface area (Å²) in [5.41, 5.74) is 1.84. The van der Waals surface area contributed by atoms with Gasteiger partial charge < -0.3 is 5.32 Å². The van der Waals surface area contributed by atoms with Crippen LogP contribution in [0.25, 0.3) is 4.96 Å². The summed E-state index contributed by atoms with van der Waals surface area (Å²) >= 11 is 1.23. The monoisotopic (exact) mass is 315 g/mol. The number of hydrogen-bond donors (Lipinski definition) is 1. The molecule has 0 atom stereocenters. The van der Waals surface area contributed by atoms with Crippen molar-refractivity contribution >= 4 is 27.9 Å². The lowest BCUT2D eigenvalue weighted by Gasteiger charge is -2.22. The Kier molecular flexibility index (Phi) is 3.44. The molecule has 0 spiro atoms. The first-order valence-electron chi connectivity index (χ1n) is 6.96. The third kappa shape index (κ3) is 2.59. The number of rotatable bonds is 2. The van der Waals surface area contributed by atoms with Crippen molar-refractivity contribution in [2.45, 2.75) is 33.1 Å². The molecule has 1 N–H and O–H groups in total. The Hall–Kier alpha value is -2.28. The Morgan fingerprint density at radius 2 is 1.95 bits per heavy atom. The lowest BCUT2D eigenvalue weighted by molar-refractivity contribution is 0.102. The molecule has 0 fully saturated rings. The summed E-state index contributed by atoms with van der Waals surface area (Å²) in [6.07, 6.45) is 0. The molecule has 0 unspecified atom stereocenters. The second kappa shape index (κ2) is 5.17. The number of aromatic nitrogens is 4. The first-order valence-corrected chi connectivity index (χ1v) is 7.77. The number of nitrogens with one attached hydrogen (secondary N) is 1. The van der Waals surface area contributed by atoms with Gasteiger partial charge in [-0.3, -0.25) is 4.79 Å².